The average molecular weight is 890 g/mol. The highest BCUT2D eigenvalue weighted by Crippen LogP contribution is 2.63. The number of nitrogen functional groups attached to an aromatic ring is 2. The van der Waals surface area contributed by atoms with E-state index in [2.05, 4.69) is 49.9 Å². The van der Waals surface area contributed by atoms with Crippen LogP contribution in [-0.4, -0.2) is 99.9 Å². The summed E-state index contributed by atoms with van der Waals surface area (Å²) in [4.78, 5) is 81.7. The molecule has 2 aliphatic heterocycles. The summed E-state index contributed by atoms with van der Waals surface area (Å²) in [5.74, 6) is -0.441. The summed E-state index contributed by atoms with van der Waals surface area (Å²) in [6.45, 7) is -6.57. The lowest BCUT2D eigenvalue weighted by Gasteiger charge is -2.39. The minimum absolute atomic E-state index is 0.100. The van der Waals surface area contributed by atoms with Gasteiger partial charge >= 0.3 is 5.65 Å². The summed E-state index contributed by atoms with van der Waals surface area (Å²) in [7, 11) is -9.88. The maximum Gasteiger partial charge on any atom is 0.313 e. The number of aryl methyl sites for hydroxylation is 1. The minimum Gasteiger partial charge on any atom is -0.779 e. The highest BCUT2D eigenvalue weighted by atomic mass is 32.5. The Kier molecular flexibility index (Phi) is 11.9. The molecule has 0 aliphatic carbocycles. The number of aromatic nitrogens is 8. The van der Waals surface area contributed by atoms with E-state index in [1.165, 1.54) is 4.57 Å². The summed E-state index contributed by atoms with van der Waals surface area (Å²) < 4.78 is 59.5. The quantitative estimate of drug-likeness (QED) is 0.0464. The molecule has 58 heavy (non-hydrogen) atoms. The number of aliphatic hydroxyl groups excluding tert-OH is 2. The second-order valence-electron chi connectivity index (χ2n) is 13.1. The Morgan fingerprint density at radius 2 is 1.62 bits per heavy atom. The third-order valence-corrected chi connectivity index (χ3v) is 14.2. The zero-order valence-corrected chi connectivity index (χ0v) is 33.3. The molecule has 1 aromatic carbocycles. The largest absolute Gasteiger partial charge is 0.779 e. The van der Waals surface area contributed by atoms with Crippen LogP contribution in [0.5, 0.6) is 0 Å². The van der Waals surface area contributed by atoms with Crippen LogP contribution in [-0.2, 0) is 61.7 Å². The topological polar surface area (TPSA) is 373 Å². The van der Waals surface area contributed by atoms with Gasteiger partial charge in [0.2, 0.25) is 11.5 Å². The molecule has 2 fully saturated rings. The van der Waals surface area contributed by atoms with Gasteiger partial charge in [-0.05, 0) is 5.56 Å². The van der Waals surface area contributed by atoms with Crippen LogP contribution in [0, 0.1) is 0 Å². The van der Waals surface area contributed by atoms with E-state index in [9.17, 15) is 43.6 Å². The van der Waals surface area contributed by atoms with E-state index in [1.54, 1.807) is 17.9 Å². The van der Waals surface area contributed by atoms with Crippen LogP contribution in [0.2, 0.25) is 0 Å². The number of hydrogen-bond acceptors (Lipinski definition) is 22. The molecular formula is C28H34N11O15P3S-2. The predicted octanol–water partition coefficient (Wildman–Crippen LogP) is -3.55. The van der Waals surface area contributed by atoms with E-state index in [0.717, 1.165) is 16.5 Å². The lowest BCUT2D eigenvalue weighted by atomic mass is 10.1. The number of phosphoric acid groups is 2. The third kappa shape index (κ3) is 9.30. The Labute approximate surface area is 330 Å². The molecule has 5 aromatic rings. The first-order valence-corrected chi connectivity index (χ1v) is 22.3. The van der Waals surface area contributed by atoms with Crippen molar-refractivity contribution in [3.8, 4) is 0 Å². The van der Waals surface area contributed by atoms with Gasteiger partial charge in [0.1, 0.15) is 25.0 Å². The monoisotopic (exact) mass is 889 g/mol. The number of nitrogens with one attached hydrogen (secondary N) is 2. The fourth-order valence-corrected chi connectivity index (χ4v) is 11.3. The highest BCUT2D eigenvalue weighted by Gasteiger charge is 2.45. The van der Waals surface area contributed by atoms with Crippen molar-refractivity contribution in [2.24, 2.45) is 7.05 Å². The molecule has 2 aliphatic rings. The van der Waals surface area contributed by atoms with Gasteiger partial charge in [0.25, 0.3) is 32.7 Å². The molecule has 7 rings (SSSR count). The number of hydrogen-bond donors (Lipinski definition) is 6. The Bertz CT molecular complexity index is 2590. The number of ether oxygens (including phenoxy) is 2. The van der Waals surface area contributed by atoms with Crippen molar-refractivity contribution in [3.05, 3.63) is 69.3 Å². The number of morpholine rings is 1. The number of benzene rings is 1. The van der Waals surface area contributed by atoms with Gasteiger partial charge in [-0.15, -0.1) is 0 Å². The smallest absolute Gasteiger partial charge is 0.313 e. The van der Waals surface area contributed by atoms with Gasteiger partial charge in [-0.25, -0.2) is 9.55 Å². The van der Waals surface area contributed by atoms with E-state index >= 15 is 0 Å². The zero-order chi connectivity index (χ0) is 41.7. The van der Waals surface area contributed by atoms with Gasteiger partial charge in [-0.3, -0.25) is 51.3 Å². The molecular weight excluding hydrogens is 855 g/mol. The van der Waals surface area contributed by atoms with Crippen LogP contribution in [0.3, 0.4) is 0 Å². The normalized spacial score (nSPS) is 26.1. The Balaban J connectivity index is 0.983. The van der Waals surface area contributed by atoms with E-state index in [4.69, 9.17) is 25.5 Å². The molecule has 5 unspecified atom stereocenters. The van der Waals surface area contributed by atoms with Crippen LogP contribution in [0.4, 0.5) is 11.9 Å². The van der Waals surface area contributed by atoms with Crippen molar-refractivity contribution >= 4 is 68.4 Å². The average Bonchev–Trinajstić information content (AvgIpc) is 3.78. The number of fused-ring (bicyclic) bond motifs is 2. The van der Waals surface area contributed by atoms with Gasteiger partial charge < -0.3 is 54.9 Å². The first-order chi connectivity index (χ1) is 27.3. The number of rotatable bonds is 14. The van der Waals surface area contributed by atoms with Crippen LogP contribution in [0.25, 0.3) is 22.3 Å². The molecule has 30 heteroatoms. The van der Waals surface area contributed by atoms with Gasteiger partial charge in [-0.1, -0.05) is 47.1 Å². The predicted molar refractivity (Wildman–Crippen MR) is 194 cm³/mol. The molecule has 2 saturated heterocycles. The maximum atomic E-state index is 12.9. The van der Waals surface area contributed by atoms with Gasteiger partial charge in [0.15, 0.2) is 29.9 Å². The van der Waals surface area contributed by atoms with Crippen molar-refractivity contribution in [2.75, 3.05) is 37.8 Å². The zero-order valence-electron chi connectivity index (χ0n) is 29.8. The van der Waals surface area contributed by atoms with Crippen molar-refractivity contribution in [2.45, 2.75) is 43.4 Å². The van der Waals surface area contributed by atoms with E-state index in [-0.39, 0.29) is 47.3 Å². The summed E-state index contributed by atoms with van der Waals surface area (Å²) in [6, 6.07) is 9.29. The van der Waals surface area contributed by atoms with E-state index < -0.39 is 83.6 Å². The van der Waals surface area contributed by atoms with Crippen LogP contribution < -0.4 is 41.8 Å². The molecule has 0 saturated carbocycles. The Morgan fingerprint density at radius 3 is 2.33 bits per heavy atom. The molecule has 0 spiro atoms. The molecule has 0 amide bonds. The molecule has 314 valence electrons. The maximum absolute atomic E-state index is 12.9. The second kappa shape index (κ2) is 16.3. The van der Waals surface area contributed by atoms with Crippen molar-refractivity contribution in [1.29, 1.82) is 0 Å². The first kappa shape index (κ1) is 42.3. The molecule has 9 atom stereocenters. The Hall–Kier alpha value is -3.85. The van der Waals surface area contributed by atoms with Crippen LogP contribution in [0.1, 0.15) is 18.0 Å². The number of H-pyrrole nitrogens is 2. The molecule has 26 nitrogen and oxygen atoms in total. The van der Waals surface area contributed by atoms with Crippen LogP contribution in [0.15, 0.2) is 52.6 Å². The summed E-state index contributed by atoms with van der Waals surface area (Å²) in [6.07, 6.45) is -5.89. The lowest BCUT2D eigenvalue weighted by molar-refractivity contribution is -0.747. The number of anilines is 2. The number of nitrogens with two attached hydrogens (primary N) is 2. The second-order valence-corrected chi connectivity index (χ2v) is 18.9. The highest BCUT2D eigenvalue weighted by molar-refractivity contribution is 8.09. The fraction of sp³-hybridized carbons (Fsp3) is 0.429. The number of aromatic amines is 2. The van der Waals surface area contributed by atoms with Crippen molar-refractivity contribution < 1.29 is 65.7 Å². The first-order valence-electron chi connectivity index (χ1n) is 16.8. The minimum atomic E-state index is -5.79. The van der Waals surface area contributed by atoms with Gasteiger partial charge in [0.05, 0.1) is 39.2 Å². The molecule has 0 bridgehead atoms. The van der Waals surface area contributed by atoms with Crippen molar-refractivity contribution in [1.82, 2.24) is 39.0 Å². The molecule has 6 heterocycles. The van der Waals surface area contributed by atoms with Crippen LogP contribution >= 0.6 is 22.4 Å². The third-order valence-electron chi connectivity index (χ3n) is 8.85. The van der Waals surface area contributed by atoms with Gasteiger partial charge in [0, 0.05) is 13.1 Å². The molecule has 0 radical (unpaired) electrons. The number of aliphatic hydroxyl groups is 2. The van der Waals surface area contributed by atoms with E-state index in [1.807, 2.05) is 35.2 Å². The van der Waals surface area contributed by atoms with Gasteiger partial charge in [-0.2, -0.15) is 4.98 Å². The summed E-state index contributed by atoms with van der Waals surface area (Å²) >= 11 is 4.52. The van der Waals surface area contributed by atoms with E-state index in [0.29, 0.717) is 6.54 Å². The number of phosphoric ester groups is 2. The number of nitrogens with zero attached hydrogens (tertiary/aromatic N) is 7. The standard InChI is InChI=1S/C28H36N11O15P3S/c1-36-13-39(23-19(36)25(43)35-28(30)33-23)17-9-37(7-14-5-3-2-4-6-14)8-15(51-17)10-49-55(44,45)53-57(48,58)54-56(46,47)50-11-16-20(40)21(41)26(52-16)38-12-31-18-22(38)32-27(29)34-24(18)42/h2-6,12-13,15-17,20-21,26,40-41H,7-11H2,1H3,(H8-,29,30,32,33,34,35,42,43,44,45,46,47,48,58)/p-2/t15?,16-,17?,20-,21-,26-,57?/m1/s1. The van der Waals surface area contributed by atoms with Crippen molar-refractivity contribution in [3.63, 3.8) is 0 Å². The fourth-order valence-electron chi connectivity index (χ4n) is 6.46. The lowest BCUT2D eigenvalue weighted by Crippen LogP contribution is -2.55. The molecule has 8 N–H and O–H groups in total. The SMILES string of the molecule is Cn1c[n+](C2CN(Cc3ccccc3)CC(COP(=O)([O-])OP([O-])(=S)OP(=O)([O-])OC[C@H]3O[C@@H](n4cnc5c(=O)[nH]c(N)nc54)[C@H](O)[C@@H]3O)O2)c2nc(N)[nH]c(=O)c21. The Morgan fingerprint density at radius 1 is 0.966 bits per heavy atom. The summed E-state index contributed by atoms with van der Waals surface area (Å²) in [5, 5.41) is 21.1. The number of imidazole rings is 2. The summed E-state index contributed by atoms with van der Waals surface area (Å²) in [5.41, 5.74) is 11.1. The molecule has 4 aromatic heterocycles.